The zero-order valence-corrected chi connectivity index (χ0v) is 37.2. The number of rotatable bonds is 38. The van der Waals surface area contributed by atoms with E-state index in [4.69, 9.17) is 0 Å². The summed E-state index contributed by atoms with van der Waals surface area (Å²) >= 11 is 0. The van der Waals surface area contributed by atoms with Gasteiger partial charge in [-0.3, -0.25) is 0 Å². The Morgan fingerprint density at radius 3 is 0.784 bits per heavy atom. The van der Waals surface area contributed by atoms with Crippen LogP contribution < -0.4 is 10.2 Å². The molecule has 0 N–H and O–H groups in total. The normalized spacial score (nSPS) is 12.6. The fourth-order valence-corrected chi connectivity index (χ4v) is 8.26. The van der Waals surface area contributed by atoms with E-state index in [1.807, 2.05) is 0 Å². The van der Waals surface area contributed by atoms with E-state index in [9.17, 15) is 10.2 Å². The molecule has 1 aromatic rings. The molecule has 0 saturated heterocycles. The van der Waals surface area contributed by atoms with Crippen molar-refractivity contribution in [3.05, 3.63) is 23.3 Å². The number of unbranched alkanes of at least 4 members (excludes halogenated alkanes) is 24. The Balaban J connectivity index is 0.0000250. The van der Waals surface area contributed by atoms with E-state index in [2.05, 4.69) is 27.7 Å². The third kappa shape index (κ3) is 29.5. The van der Waals surface area contributed by atoms with E-state index >= 15 is 0 Å². The molecule has 0 spiro atoms. The first-order valence-corrected chi connectivity index (χ1v) is 23.0. The van der Waals surface area contributed by atoms with Crippen molar-refractivity contribution in [1.82, 2.24) is 0 Å². The van der Waals surface area contributed by atoms with Crippen LogP contribution in [-0.2, 0) is 33.9 Å². The molecule has 2 unspecified atom stereocenters. The van der Waals surface area contributed by atoms with E-state index in [0.717, 1.165) is 24.7 Å². The summed E-state index contributed by atoms with van der Waals surface area (Å²) in [4.78, 5) is 0. The molecule has 0 radical (unpaired) electrons. The maximum atomic E-state index is 12.6. The molecular weight excluding hydrogens is 804 g/mol. The molecule has 3 heteroatoms. The first-order chi connectivity index (χ1) is 24.5. The molecule has 0 aliphatic carbocycles. The van der Waals surface area contributed by atoms with Crippen molar-refractivity contribution >= 4 is 0 Å². The van der Waals surface area contributed by atoms with E-state index in [1.165, 1.54) is 229 Å². The van der Waals surface area contributed by atoms with Gasteiger partial charge < -0.3 is 10.2 Å². The molecule has 0 fully saturated rings. The van der Waals surface area contributed by atoms with E-state index in [-0.39, 0.29) is 32.6 Å². The Hall–Kier alpha value is -0.492. The summed E-state index contributed by atoms with van der Waals surface area (Å²) in [5, 5.41) is 25.3. The number of hydrogen-bond donors (Lipinski definition) is 0. The summed E-state index contributed by atoms with van der Waals surface area (Å²) in [6, 6.07) is 3.49. The van der Waals surface area contributed by atoms with Crippen molar-refractivity contribution in [2.45, 2.75) is 259 Å². The van der Waals surface area contributed by atoms with Crippen LogP contribution in [0.5, 0.6) is 11.5 Å². The quantitative estimate of drug-likeness (QED) is 0.0621. The van der Waals surface area contributed by atoms with Crippen LogP contribution in [0.25, 0.3) is 0 Å². The van der Waals surface area contributed by atoms with Gasteiger partial charge in [-0.15, -0.1) is 11.5 Å². The van der Waals surface area contributed by atoms with Crippen LogP contribution in [0.2, 0.25) is 0 Å². The smallest absolute Gasteiger partial charge is 0.873 e. The largest absolute Gasteiger partial charge is 2.00 e. The first-order valence-electron chi connectivity index (χ1n) is 23.0. The minimum atomic E-state index is -0.290. The number of benzene rings is 1. The van der Waals surface area contributed by atoms with E-state index < -0.39 is 0 Å². The first kappa shape index (κ1) is 50.5. The van der Waals surface area contributed by atoms with Crippen LogP contribution in [0, 0.1) is 11.8 Å². The minimum absolute atomic E-state index is 0. The Bertz CT molecular complexity index is 785. The van der Waals surface area contributed by atoms with Crippen LogP contribution >= 0.6 is 0 Å². The molecule has 2 nitrogen and oxygen atoms in total. The minimum Gasteiger partial charge on any atom is -0.873 e. The monoisotopic (exact) mass is 892 g/mol. The van der Waals surface area contributed by atoms with Gasteiger partial charge in [0.2, 0.25) is 0 Å². The van der Waals surface area contributed by atoms with Gasteiger partial charge in [0.05, 0.1) is 0 Å². The van der Waals surface area contributed by atoms with Gasteiger partial charge in [-0.05, 0) is 48.6 Å². The molecule has 0 saturated carbocycles. The van der Waals surface area contributed by atoms with Crippen LogP contribution in [0.4, 0.5) is 0 Å². The van der Waals surface area contributed by atoms with Gasteiger partial charge in [0, 0.05) is 0 Å². The summed E-state index contributed by atoms with van der Waals surface area (Å²) in [5.41, 5.74) is 2.40. The maximum Gasteiger partial charge on any atom is 2.00 e. The van der Waals surface area contributed by atoms with Crippen molar-refractivity contribution in [1.29, 1.82) is 0 Å². The molecule has 0 amide bonds. The molecule has 302 valence electrons. The summed E-state index contributed by atoms with van der Waals surface area (Å²) < 4.78 is 0. The second-order valence-electron chi connectivity index (χ2n) is 16.5. The number of aryl methyl sites for hydroxylation is 2. The number of hydrogen-bond acceptors (Lipinski definition) is 2. The molecule has 2 atom stereocenters. The van der Waals surface area contributed by atoms with Crippen molar-refractivity contribution in [3.63, 3.8) is 0 Å². The van der Waals surface area contributed by atoms with Gasteiger partial charge in [-0.2, -0.15) is 0 Å². The van der Waals surface area contributed by atoms with Gasteiger partial charge in [-0.1, -0.05) is 245 Å². The second kappa shape index (κ2) is 37.8. The van der Waals surface area contributed by atoms with E-state index in [0.29, 0.717) is 0 Å². The van der Waals surface area contributed by atoms with Crippen molar-refractivity contribution in [3.8, 4) is 11.5 Å². The average Bonchev–Trinajstić information content (AvgIpc) is 3.12. The molecule has 1 aromatic carbocycles. The van der Waals surface area contributed by atoms with Crippen LogP contribution in [0.1, 0.15) is 257 Å². The average molecular weight is 892 g/mol. The fourth-order valence-electron chi connectivity index (χ4n) is 8.26. The van der Waals surface area contributed by atoms with Gasteiger partial charge in [0.25, 0.3) is 0 Å². The van der Waals surface area contributed by atoms with Crippen molar-refractivity contribution < 1.29 is 31.3 Å². The molecule has 0 aliphatic heterocycles. The molecular formula is C48H88O2Pt. The summed E-state index contributed by atoms with van der Waals surface area (Å²) in [6.07, 6.45) is 48.1. The summed E-state index contributed by atoms with van der Waals surface area (Å²) in [7, 11) is 0. The van der Waals surface area contributed by atoms with Gasteiger partial charge in [0.1, 0.15) is 0 Å². The topological polar surface area (TPSA) is 46.1 Å². The zero-order valence-electron chi connectivity index (χ0n) is 34.9. The molecule has 0 aliphatic rings. The predicted molar refractivity (Wildman–Crippen MR) is 219 cm³/mol. The molecule has 51 heavy (non-hydrogen) atoms. The van der Waals surface area contributed by atoms with Crippen molar-refractivity contribution in [2.24, 2.45) is 11.8 Å². The third-order valence-electron chi connectivity index (χ3n) is 11.8. The Labute approximate surface area is 335 Å². The van der Waals surface area contributed by atoms with Gasteiger partial charge in [0.15, 0.2) is 0 Å². The maximum absolute atomic E-state index is 12.6. The zero-order chi connectivity index (χ0) is 36.3. The molecule has 1 rings (SSSR count). The second-order valence-corrected chi connectivity index (χ2v) is 16.5. The Morgan fingerprint density at radius 2 is 0.549 bits per heavy atom. The Kier molecular flexibility index (Phi) is 37.4. The van der Waals surface area contributed by atoms with Crippen LogP contribution in [0.15, 0.2) is 12.1 Å². The fraction of sp³-hybridized carbons (Fsp3) is 0.875. The molecule has 0 bridgehead atoms. The summed E-state index contributed by atoms with van der Waals surface area (Å²) in [6.45, 7) is 9.20. The van der Waals surface area contributed by atoms with Gasteiger partial charge >= 0.3 is 21.1 Å². The SMILES string of the molecule is CCCCCCCCCCC(CCCCCCCC)CCc1cc([O-])c([O-])cc1CCC(CCCCCCCC)CCCCCCCCCC.[Pt+2]. The summed E-state index contributed by atoms with van der Waals surface area (Å²) in [5.74, 6) is 0.917. The van der Waals surface area contributed by atoms with Crippen LogP contribution in [-0.4, -0.2) is 0 Å². The third-order valence-corrected chi connectivity index (χ3v) is 11.8. The predicted octanol–water partition coefficient (Wildman–Crippen LogP) is 15.5. The van der Waals surface area contributed by atoms with E-state index in [1.54, 1.807) is 12.1 Å². The standard InChI is InChI=1S/C48H90O2.Pt/c1-5-9-13-17-21-23-27-31-35-43(33-29-25-19-15-11-7-3)37-39-45-41-47(49)48(50)42-46(45)40-38-44(34-30-26-20-16-12-8-4)36-32-28-24-22-18-14-10-6-2;/h41-44,49-50H,5-40H2,1-4H3;/q;+2/p-2. The Morgan fingerprint density at radius 1 is 0.333 bits per heavy atom. The molecule has 0 aromatic heterocycles. The van der Waals surface area contributed by atoms with Crippen LogP contribution in [0.3, 0.4) is 0 Å². The van der Waals surface area contributed by atoms with Gasteiger partial charge in [-0.25, -0.2) is 0 Å². The van der Waals surface area contributed by atoms with Crippen molar-refractivity contribution in [2.75, 3.05) is 0 Å². The molecule has 0 heterocycles.